The van der Waals surface area contributed by atoms with Gasteiger partial charge in [-0.1, -0.05) is 0 Å². The quantitative estimate of drug-likeness (QED) is 0.422. The minimum absolute atomic E-state index is 0.193. The molecule has 1 rings (SSSR count). The monoisotopic (exact) mass is 346 g/mol. The average molecular weight is 347 g/mol. The molecule has 0 fully saturated rings. The number of benzene rings is 1. The highest BCUT2D eigenvalue weighted by molar-refractivity contribution is 14.1. The normalized spacial score (nSPS) is 10.2. The maximum atomic E-state index is 12.7. The minimum atomic E-state index is -0.193. The van der Waals surface area contributed by atoms with E-state index in [4.69, 9.17) is 0 Å². The summed E-state index contributed by atoms with van der Waals surface area (Å²) in [6, 6.07) is 3.01. The van der Waals surface area contributed by atoms with Gasteiger partial charge < -0.3 is 0 Å². The molecule has 0 aliphatic heterocycles. The van der Waals surface area contributed by atoms with E-state index in [0.717, 1.165) is 12.9 Å². The van der Waals surface area contributed by atoms with Crippen molar-refractivity contribution in [2.45, 2.75) is 4.90 Å². The van der Waals surface area contributed by atoms with Crippen LogP contribution in [-0.4, -0.2) is 6.26 Å². The topological polar surface area (TPSA) is 0 Å². The molecule has 0 saturated heterocycles. The van der Waals surface area contributed by atoms with E-state index in [1.807, 2.05) is 6.26 Å². The highest BCUT2D eigenvalue weighted by Gasteiger charge is 2.04. The van der Waals surface area contributed by atoms with Crippen molar-refractivity contribution in [3.05, 3.63) is 26.0 Å². The van der Waals surface area contributed by atoms with Crippen LogP contribution in [0, 0.1) is 9.39 Å². The number of rotatable bonds is 1. The van der Waals surface area contributed by atoms with E-state index in [1.165, 1.54) is 12.1 Å². The smallest absolute Gasteiger partial charge is 0.125 e. The van der Waals surface area contributed by atoms with Gasteiger partial charge in [-0.25, -0.2) is 4.39 Å². The highest BCUT2D eigenvalue weighted by Crippen LogP contribution is 2.29. The van der Waals surface area contributed by atoms with Gasteiger partial charge in [0.1, 0.15) is 5.82 Å². The Labute approximate surface area is 91.2 Å². The molecule has 0 aliphatic carbocycles. The van der Waals surface area contributed by atoms with Gasteiger partial charge in [0.15, 0.2) is 0 Å². The van der Waals surface area contributed by atoms with Crippen LogP contribution in [0.25, 0.3) is 0 Å². The molecular formula is C7H5BrFIS. The van der Waals surface area contributed by atoms with E-state index in [-0.39, 0.29) is 5.82 Å². The second-order valence-corrected chi connectivity index (χ2v) is 4.69. The Hall–Kier alpha value is 0.710. The third-order valence-electron chi connectivity index (χ3n) is 1.18. The maximum Gasteiger partial charge on any atom is 0.125 e. The minimum Gasteiger partial charge on any atom is -0.207 e. The Balaban J connectivity index is 3.24. The molecule has 0 unspecified atom stereocenters. The van der Waals surface area contributed by atoms with Crippen molar-refractivity contribution in [3.63, 3.8) is 0 Å². The predicted octanol–water partition coefficient (Wildman–Crippen LogP) is 3.91. The third-order valence-corrected chi connectivity index (χ3v) is 4.84. The van der Waals surface area contributed by atoms with Crippen molar-refractivity contribution < 1.29 is 4.39 Å². The van der Waals surface area contributed by atoms with Crippen LogP contribution in [-0.2, 0) is 0 Å². The molecule has 0 heterocycles. The molecule has 1 aromatic carbocycles. The van der Waals surface area contributed by atoms with Crippen LogP contribution >= 0.6 is 50.3 Å². The van der Waals surface area contributed by atoms with Crippen LogP contribution in [0.5, 0.6) is 0 Å². The summed E-state index contributed by atoms with van der Waals surface area (Å²) in [5, 5.41) is 0. The third kappa shape index (κ3) is 2.32. The zero-order chi connectivity index (χ0) is 8.43. The molecule has 1 aromatic rings. The van der Waals surface area contributed by atoms with Crippen molar-refractivity contribution in [3.8, 4) is 0 Å². The summed E-state index contributed by atoms with van der Waals surface area (Å²) in [5.74, 6) is -0.193. The number of thioether (sulfide) groups is 1. The second kappa shape index (κ2) is 4.09. The van der Waals surface area contributed by atoms with Gasteiger partial charge in [0.25, 0.3) is 0 Å². The Kier molecular flexibility index (Phi) is 3.64. The van der Waals surface area contributed by atoms with E-state index in [0.29, 0.717) is 0 Å². The lowest BCUT2D eigenvalue weighted by atomic mass is 10.3. The van der Waals surface area contributed by atoms with Crippen molar-refractivity contribution >= 4 is 50.3 Å². The van der Waals surface area contributed by atoms with Crippen molar-refractivity contribution in [2.24, 2.45) is 0 Å². The maximum absolute atomic E-state index is 12.7. The van der Waals surface area contributed by atoms with Gasteiger partial charge in [0, 0.05) is 12.9 Å². The molecular weight excluding hydrogens is 342 g/mol. The van der Waals surface area contributed by atoms with Gasteiger partial charge in [0.05, 0.1) is 0 Å². The first kappa shape index (κ1) is 9.80. The molecule has 0 atom stereocenters. The molecule has 0 N–H and O–H groups in total. The van der Waals surface area contributed by atoms with E-state index in [2.05, 4.69) is 38.5 Å². The first-order valence-electron chi connectivity index (χ1n) is 2.83. The number of halogens is 3. The molecule has 4 heteroatoms. The molecule has 0 aliphatic rings. The van der Waals surface area contributed by atoms with E-state index >= 15 is 0 Å². The lowest BCUT2D eigenvalue weighted by Gasteiger charge is -2.02. The summed E-state index contributed by atoms with van der Waals surface area (Å²) >= 11 is 7.01. The van der Waals surface area contributed by atoms with Crippen LogP contribution in [0.15, 0.2) is 21.5 Å². The Morgan fingerprint density at radius 2 is 2.18 bits per heavy atom. The molecule has 60 valence electrons. The summed E-state index contributed by atoms with van der Waals surface area (Å²) in [6.45, 7) is 0. The van der Waals surface area contributed by atoms with E-state index in [1.54, 1.807) is 11.8 Å². The van der Waals surface area contributed by atoms with Crippen molar-refractivity contribution in [1.29, 1.82) is 0 Å². The molecule has 0 aromatic heterocycles. The van der Waals surface area contributed by atoms with Crippen molar-refractivity contribution in [1.82, 2.24) is 0 Å². The second-order valence-electron chi connectivity index (χ2n) is 1.90. The SMILES string of the molecule is CSc1cc(F)cc(Br)c1I. The lowest BCUT2D eigenvalue weighted by Crippen LogP contribution is -1.83. The molecule has 0 amide bonds. The fourth-order valence-corrected chi connectivity index (χ4v) is 2.74. The van der Waals surface area contributed by atoms with Crippen LogP contribution in [0.1, 0.15) is 0 Å². The fraction of sp³-hybridized carbons (Fsp3) is 0.143. The zero-order valence-corrected chi connectivity index (χ0v) is 10.3. The fourth-order valence-electron chi connectivity index (χ4n) is 0.681. The van der Waals surface area contributed by atoms with E-state index < -0.39 is 0 Å². The molecule has 0 nitrogen and oxygen atoms in total. The Morgan fingerprint density at radius 3 is 2.73 bits per heavy atom. The van der Waals surface area contributed by atoms with Crippen LogP contribution in [0.3, 0.4) is 0 Å². The Bertz CT molecular complexity index is 277. The first-order valence-corrected chi connectivity index (χ1v) is 5.93. The van der Waals surface area contributed by atoms with E-state index in [9.17, 15) is 4.39 Å². The lowest BCUT2D eigenvalue weighted by molar-refractivity contribution is 0.622. The van der Waals surface area contributed by atoms with Crippen molar-refractivity contribution in [2.75, 3.05) is 6.26 Å². The average Bonchev–Trinajstić information content (AvgIpc) is 1.96. The van der Waals surface area contributed by atoms with Crippen LogP contribution < -0.4 is 0 Å². The number of hydrogen-bond donors (Lipinski definition) is 0. The summed E-state index contributed by atoms with van der Waals surface area (Å²) in [6.07, 6.45) is 1.93. The van der Waals surface area contributed by atoms with Gasteiger partial charge in [-0.3, -0.25) is 0 Å². The Morgan fingerprint density at radius 1 is 1.55 bits per heavy atom. The standard InChI is InChI=1S/C7H5BrFIS/c1-11-6-3-4(9)2-5(8)7(6)10/h2-3H,1H3. The van der Waals surface area contributed by atoms with Crippen LogP contribution in [0.2, 0.25) is 0 Å². The molecule has 0 radical (unpaired) electrons. The first-order chi connectivity index (χ1) is 5.15. The van der Waals surface area contributed by atoms with Gasteiger partial charge in [0.2, 0.25) is 0 Å². The zero-order valence-electron chi connectivity index (χ0n) is 5.70. The van der Waals surface area contributed by atoms with Gasteiger partial charge in [-0.05, 0) is 56.9 Å². The summed E-state index contributed by atoms with van der Waals surface area (Å²) < 4.78 is 14.6. The van der Waals surface area contributed by atoms with Gasteiger partial charge in [-0.2, -0.15) is 0 Å². The molecule has 0 spiro atoms. The predicted molar refractivity (Wildman–Crippen MR) is 58.6 cm³/mol. The highest BCUT2D eigenvalue weighted by atomic mass is 127. The molecule has 11 heavy (non-hydrogen) atoms. The number of hydrogen-bond acceptors (Lipinski definition) is 1. The summed E-state index contributed by atoms with van der Waals surface area (Å²) in [7, 11) is 0. The summed E-state index contributed by atoms with van der Waals surface area (Å²) in [4.78, 5) is 0.970. The molecule has 0 bridgehead atoms. The summed E-state index contributed by atoms with van der Waals surface area (Å²) in [5.41, 5.74) is 0. The van der Waals surface area contributed by atoms with Gasteiger partial charge in [-0.15, -0.1) is 11.8 Å². The van der Waals surface area contributed by atoms with Gasteiger partial charge >= 0.3 is 0 Å². The van der Waals surface area contributed by atoms with Crippen LogP contribution in [0.4, 0.5) is 4.39 Å². The largest absolute Gasteiger partial charge is 0.207 e. The molecule has 0 saturated carbocycles.